The summed E-state index contributed by atoms with van der Waals surface area (Å²) in [5.41, 5.74) is 7.66. The standard InChI is InChI=1S/C11H12N4/c12-5-8(6-13)11-7-14-9-3-1-2-4-10(9)15-11/h1-3,5-7,10,12H,4,13H2/b8-6+,12-5?. The molecule has 0 aromatic carbocycles. The molecule has 1 atom stereocenters. The summed E-state index contributed by atoms with van der Waals surface area (Å²) in [6.07, 6.45) is 11.1. The van der Waals surface area contributed by atoms with Gasteiger partial charge in [0.25, 0.3) is 0 Å². The monoisotopic (exact) mass is 200 g/mol. The zero-order chi connectivity index (χ0) is 10.7. The topological polar surface area (TPSA) is 74.6 Å². The number of hydrogen-bond acceptors (Lipinski definition) is 4. The van der Waals surface area contributed by atoms with Crippen molar-refractivity contribution in [1.29, 1.82) is 5.41 Å². The Balaban J connectivity index is 2.30. The molecule has 15 heavy (non-hydrogen) atoms. The minimum Gasteiger partial charge on any atom is -0.404 e. The van der Waals surface area contributed by atoms with Crippen molar-refractivity contribution >= 4 is 18.1 Å². The van der Waals surface area contributed by atoms with E-state index in [0.717, 1.165) is 12.1 Å². The van der Waals surface area contributed by atoms with E-state index in [1.165, 1.54) is 12.4 Å². The van der Waals surface area contributed by atoms with Crippen LogP contribution in [0, 0.1) is 5.41 Å². The zero-order valence-electron chi connectivity index (χ0n) is 8.22. The third kappa shape index (κ3) is 1.79. The maximum atomic E-state index is 7.18. The highest BCUT2D eigenvalue weighted by Gasteiger charge is 2.18. The van der Waals surface area contributed by atoms with Crippen LogP contribution in [0.5, 0.6) is 0 Å². The van der Waals surface area contributed by atoms with Gasteiger partial charge >= 0.3 is 0 Å². The van der Waals surface area contributed by atoms with E-state index >= 15 is 0 Å². The van der Waals surface area contributed by atoms with Gasteiger partial charge in [-0.25, -0.2) is 0 Å². The van der Waals surface area contributed by atoms with Crippen LogP contribution in [0.15, 0.2) is 45.7 Å². The van der Waals surface area contributed by atoms with Crippen molar-refractivity contribution in [1.82, 2.24) is 0 Å². The van der Waals surface area contributed by atoms with Gasteiger partial charge in [0.1, 0.15) is 0 Å². The minimum absolute atomic E-state index is 0.0879. The molecule has 4 heteroatoms. The van der Waals surface area contributed by atoms with Crippen molar-refractivity contribution in [2.45, 2.75) is 12.5 Å². The predicted molar refractivity (Wildman–Crippen MR) is 62.6 cm³/mol. The molecule has 0 saturated carbocycles. The van der Waals surface area contributed by atoms with Crippen molar-refractivity contribution in [3.05, 3.63) is 35.7 Å². The Labute approximate surface area is 88.1 Å². The number of nitrogens with two attached hydrogens (primary N) is 1. The summed E-state index contributed by atoms with van der Waals surface area (Å²) in [5, 5.41) is 7.18. The van der Waals surface area contributed by atoms with Gasteiger partial charge in [0, 0.05) is 18.0 Å². The Bertz CT molecular complexity index is 424. The van der Waals surface area contributed by atoms with Crippen molar-refractivity contribution in [3.63, 3.8) is 0 Å². The van der Waals surface area contributed by atoms with Gasteiger partial charge in [0.05, 0.1) is 23.7 Å². The zero-order valence-corrected chi connectivity index (χ0v) is 8.22. The molecule has 0 spiro atoms. The van der Waals surface area contributed by atoms with Gasteiger partial charge in [-0.15, -0.1) is 0 Å². The molecule has 2 rings (SSSR count). The second-order valence-electron chi connectivity index (χ2n) is 3.31. The molecule has 0 aromatic rings. The molecule has 0 amide bonds. The first-order valence-corrected chi connectivity index (χ1v) is 4.76. The normalized spacial score (nSPS) is 24.3. The van der Waals surface area contributed by atoms with Crippen LogP contribution in [-0.2, 0) is 0 Å². The molecule has 1 heterocycles. The first-order valence-electron chi connectivity index (χ1n) is 4.76. The average Bonchev–Trinajstić information content (AvgIpc) is 2.30. The molecule has 76 valence electrons. The van der Waals surface area contributed by atoms with Gasteiger partial charge in [0.15, 0.2) is 0 Å². The van der Waals surface area contributed by atoms with E-state index in [9.17, 15) is 0 Å². The summed E-state index contributed by atoms with van der Waals surface area (Å²) in [6.45, 7) is 0. The van der Waals surface area contributed by atoms with Gasteiger partial charge in [0.2, 0.25) is 0 Å². The lowest BCUT2D eigenvalue weighted by atomic mass is 10.0. The summed E-state index contributed by atoms with van der Waals surface area (Å²) < 4.78 is 0. The molecular weight excluding hydrogens is 188 g/mol. The summed E-state index contributed by atoms with van der Waals surface area (Å²) in [5.74, 6) is 0. The van der Waals surface area contributed by atoms with Gasteiger partial charge in [-0.1, -0.05) is 12.2 Å². The van der Waals surface area contributed by atoms with Crippen LogP contribution in [0.4, 0.5) is 0 Å². The molecule has 0 radical (unpaired) electrons. The summed E-state index contributed by atoms with van der Waals surface area (Å²) in [7, 11) is 0. The number of nitrogens with one attached hydrogen (secondary N) is 1. The smallest absolute Gasteiger partial charge is 0.0962 e. The fraction of sp³-hybridized carbons (Fsp3) is 0.182. The van der Waals surface area contributed by atoms with Gasteiger partial charge in [-0.3, -0.25) is 9.98 Å². The lowest BCUT2D eigenvalue weighted by Crippen LogP contribution is -2.20. The third-order valence-corrected chi connectivity index (χ3v) is 2.37. The predicted octanol–water partition coefficient (Wildman–Crippen LogP) is 1.22. The first kappa shape index (κ1) is 9.58. The first-order chi connectivity index (χ1) is 7.35. The number of rotatable bonds is 2. The van der Waals surface area contributed by atoms with E-state index in [4.69, 9.17) is 11.1 Å². The summed E-state index contributed by atoms with van der Waals surface area (Å²) in [6, 6.07) is 0.0879. The van der Waals surface area contributed by atoms with Crippen molar-refractivity contribution in [3.8, 4) is 0 Å². The van der Waals surface area contributed by atoms with Crippen LogP contribution >= 0.6 is 0 Å². The summed E-state index contributed by atoms with van der Waals surface area (Å²) in [4.78, 5) is 8.80. The molecule has 3 N–H and O–H groups in total. The largest absolute Gasteiger partial charge is 0.404 e. The van der Waals surface area contributed by atoms with Crippen LogP contribution in [-0.4, -0.2) is 24.2 Å². The molecule has 1 aliphatic carbocycles. The highest BCUT2D eigenvalue weighted by atomic mass is 14.9. The Hall–Kier alpha value is -1.97. The number of nitrogens with zero attached hydrogens (tertiary/aromatic N) is 2. The molecule has 0 aromatic heterocycles. The fourth-order valence-corrected chi connectivity index (χ4v) is 1.55. The average molecular weight is 200 g/mol. The van der Waals surface area contributed by atoms with E-state index in [0.29, 0.717) is 11.3 Å². The van der Waals surface area contributed by atoms with E-state index in [2.05, 4.69) is 16.1 Å². The van der Waals surface area contributed by atoms with Crippen LogP contribution < -0.4 is 5.73 Å². The molecule has 1 unspecified atom stereocenters. The van der Waals surface area contributed by atoms with Crippen molar-refractivity contribution in [2.75, 3.05) is 0 Å². The number of hydrogen-bond donors (Lipinski definition) is 2. The maximum absolute atomic E-state index is 7.18. The second kappa shape index (κ2) is 4.04. The van der Waals surface area contributed by atoms with Crippen molar-refractivity contribution in [2.24, 2.45) is 15.7 Å². The SMILES string of the molecule is N=C/C(=C\N)C1=NC2CC=CC=C2N=C1. The number of aliphatic imine (C=N–C) groups is 2. The molecular formula is C11H12N4. The third-order valence-electron chi connectivity index (χ3n) is 2.37. The van der Waals surface area contributed by atoms with Gasteiger partial charge in [-0.2, -0.15) is 0 Å². The second-order valence-corrected chi connectivity index (χ2v) is 3.31. The van der Waals surface area contributed by atoms with E-state index in [1.807, 2.05) is 12.2 Å². The van der Waals surface area contributed by atoms with E-state index in [1.54, 1.807) is 6.21 Å². The minimum atomic E-state index is 0.0879. The van der Waals surface area contributed by atoms with Crippen LogP contribution in [0.3, 0.4) is 0 Å². The Kier molecular flexibility index (Phi) is 2.58. The van der Waals surface area contributed by atoms with Gasteiger partial charge < -0.3 is 11.1 Å². The number of allylic oxidation sites excluding steroid dienone is 3. The van der Waals surface area contributed by atoms with Crippen molar-refractivity contribution < 1.29 is 0 Å². The van der Waals surface area contributed by atoms with Gasteiger partial charge in [-0.05, 0) is 12.5 Å². The molecule has 0 fully saturated rings. The van der Waals surface area contributed by atoms with Crippen LogP contribution in [0.2, 0.25) is 0 Å². The fourth-order valence-electron chi connectivity index (χ4n) is 1.55. The summed E-state index contributed by atoms with van der Waals surface area (Å²) >= 11 is 0. The molecule has 0 bridgehead atoms. The molecule has 1 aliphatic heterocycles. The van der Waals surface area contributed by atoms with Crippen LogP contribution in [0.25, 0.3) is 0 Å². The van der Waals surface area contributed by atoms with Crippen LogP contribution in [0.1, 0.15) is 6.42 Å². The lowest BCUT2D eigenvalue weighted by Gasteiger charge is -2.19. The van der Waals surface area contributed by atoms with E-state index in [-0.39, 0.29) is 6.04 Å². The number of fused-ring (bicyclic) bond motifs is 1. The molecule has 4 nitrogen and oxygen atoms in total. The highest BCUT2D eigenvalue weighted by molar-refractivity contribution is 6.44. The Morgan fingerprint density at radius 2 is 2.47 bits per heavy atom. The Morgan fingerprint density at radius 3 is 3.20 bits per heavy atom. The molecule has 0 saturated heterocycles. The lowest BCUT2D eigenvalue weighted by molar-refractivity contribution is 0.764. The maximum Gasteiger partial charge on any atom is 0.0962 e. The quantitative estimate of drug-likeness (QED) is 0.646. The molecule has 2 aliphatic rings. The highest BCUT2D eigenvalue weighted by Crippen LogP contribution is 2.21. The Morgan fingerprint density at radius 1 is 1.60 bits per heavy atom. The van der Waals surface area contributed by atoms with E-state index < -0.39 is 0 Å².